The fourth-order valence-corrected chi connectivity index (χ4v) is 2.11. The van der Waals surface area contributed by atoms with E-state index in [2.05, 4.69) is 15.8 Å². The van der Waals surface area contributed by atoms with Crippen molar-refractivity contribution in [2.45, 2.75) is 0 Å². The molecule has 0 saturated carbocycles. The monoisotopic (exact) mass is 376 g/mol. The summed E-state index contributed by atoms with van der Waals surface area (Å²) < 4.78 is 0. The number of nitro benzene ring substituents is 1. The second-order valence-corrected chi connectivity index (χ2v) is 5.37. The maximum absolute atomic E-state index is 11.9. The van der Waals surface area contributed by atoms with E-state index in [4.69, 9.17) is 11.6 Å². The Morgan fingerprint density at radius 2 is 2.00 bits per heavy atom. The molecule has 0 radical (unpaired) electrons. The van der Waals surface area contributed by atoms with Crippen LogP contribution in [-0.2, 0) is 4.79 Å². The largest absolute Gasteiger partial charge is 0.502 e. The van der Waals surface area contributed by atoms with Crippen molar-refractivity contribution in [2.24, 2.45) is 5.10 Å². The summed E-state index contributed by atoms with van der Waals surface area (Å²) in [4.78, 5) is 33.5. The highest BCUT2D eigenvalue weighted by atomic mass is 35.5. The third kappa shape index (κ3) is 5.02. The molecule has 134 valence electrons. The Balaban J connectivity index is 1.88. The molecule has 3 N–H and O–H groups in total. The van der Waals surface area contributed by atoms with E-state index < -0.39 is 28.2 Å². The van der Waals surface area contributed by atoms with Crippen LogP contribution in [0.5, 0.6) is 5.75 Å². The summed E-state index contributed by atoms with van der Waals surface area (Å²) in [5.74, 6) is -1.59. The molecule has 0 unspecified atom stereocenters. The summed E-state index contributed by atoms with van der Waals surface area (Å²) in [5, 5.41) is 26.4. The van der Waals surface area contributed by atoms with Crippen LogP contribution in [0, 0.1) is 10.1 Å². The van der Waals surface area contributed by atoms with Crippen LogP contribution in [0.4, 0.5) is 5.69 Å². The van der Waals surface area contributed by atoms with Crippen LogP contribution in [0.3, 0.4) is 0 Å². The average Bonchev–Trinajstić information content (AvgIpc) is 2.61. The lowest BCUT2D eigenvalue weighted by Crippen LogP contribution is -2.35. The number of halogens is 1. The topological polar surface area (TPSA) is 134 Å². The highest BCUT2D eigenvalue weighted by molar-refractivity contribution is 6.33. The van der Waals surface area contributed by atoms with Gasteiger partial charge in [-0.05, 0) is 24.3 Å². The van der Waals surface area contributed by atoms with E-state index in [0.717, 1.165) is 12.1 Å². The molecule has 0 aliphatic rings. The quantitative estimate of drug-likeness (QED) is 0.401. The standard InChI is InChI=1S/C16H13ClN4O5/c17-12-4-2-1-3-11(12)16(24)18-9-15(23)20-19-8-10-5-6-14(22)13(7-10)21(25)26/h1-8,22H,9H2,(H,18,24)(H,20,23). The first-order valence-corrected chi connectivity index (χ1v) is 7.58. The SMILES string of the molecule is O=C(CNC(=O)c1ccccc1Cl)NN=Cc1ccc(O)c([N+](=O)[O-])c1. The smallest absolute Gasteiger partial charge is 0.311 e. The summed E-state index contributed by atoms with van der Waals surface area (Å²) in [6.45, 7) is -0.336. The number of nitrogens with zero attached hydrogens (tertiary/aromatic N) is 2. The number of phenols is 1. The average molecular weight is 377 g/mol. The third-order valence-electron chi connectivity index (χ3n) is 3.13. The molecule has 2 rings (SSSR count). The Bertz CT molecular complexity index is 885. The van der Waals surface area contributed by atoms with E-state index in [9.17, 15) is 24.8 Å². The molecule has 0 aromatic heterocycles. The molecule has 0 bridgehead atoms. The highest BCUT2D eigenvalue weighted by Crippen LogP contribution is 2.25. The van der Waals surface area contributed by atoms with Gasteiger partial charge in [0.25, 0.3) is 11.8 Å². The van der Waals surface area contributed by atoms with E-state index in [0.29, 0.717) is 5.56 Å². The molecule has 10 heteroatoms. The van der Waals surface area contributed by atoms with Gasteiger partial charge in [-0.15, -0.1) is 0 Å². The van der Waals surface area contributed by atoms with Gasteiger partial charge in [0.15, 0.2) is 5.75 Å². The lowest BCUT2D eigenvalue weighted by molar-refractivity contribution is -0.385. The van der Waals surface area contributed by atoms with Crippen LogP contribution in [0.25, 0.3) is 0 Å². The minimum absolute atomic E-state index is 0.238. The predicted molar refractivity (Wildman–Crippen MR) is 94.3 cm³/mol. The molecule has 2 amide bonds. The van der Waals surface area contributed by atoms with Crippen LogP contribution in [-0.4, -0.2) is 34.6 Å². The minimum Gasteiger partial charge on any atom is -0.502 e. The number of carbonyl (C=O) groups excluding carboxylic acids is 2. The number of rotatable bonds is 6. The normalized spacial score (nSPS) is 10.5. The summed E-state index contributed by atoms with van der Waals surface area (Å²) in [5.41, 5.74) is 2.23. The molecule has 0 saturated heterocycles. The number of hydrazone groups is 1. The maximum atomic E-state index is 11.9. The zero-order valence-corrected chi connectivity index (χ0v) is 13.9. The molecule has 0 fully saturated rings. The van der Waals surface area contributed by atoms with Gasteiger partial charge >= 0.3 is 5.69 Å². The fraction of sp³-hybridized carbons (Fsp3) is 0.0625. The number of hydrogen-bond acceptors (Lipinski definition) is 6. The number of phenolic OH excluding ortho intramolecular Hbond substituents is 1. The van der Waals surface area contributed by atoms with Crippen molar-refractivity contribution in [2.75, 3.05) is 6.54 Å². The number of amides is 2. The highest BCUT2D eigenvalue weighted by Gasteiger charge is 2.13. The van der Waals surface area contributed by atoms with Crippen molar-refractivity contribution < 1.29 is 19.6 Å². The molecule has 0 spiro atoms. The summed E-state index contributed by atoms with van der Waals surface area (Å²) in [6.07, 6.45) is 1.17. The van der Waals surface area contributed by atoms with E-state index in [1.807, 2.05) is 0 Å². The van der Waals surface area contributed by atoms with E-state index in [-0.39, 0.29) is 17.1 Å². The van der Waals surface area contributed by atoms with E-state index >= 15 is 0 Å². The Hall–Kier alpha value is -3.46. The molecule has 0 aliphatic carbocycles. The van der Waals surface area contributed by atoms with Gasteiger partial charge in [0, 0.05) is 11.6 Å². The van der Waals surface area contributed by atoms with Gasteiger partial charge in [0.2, 0.25) is 0 Å². The zero-order valence-electron chi connectivity index (χ0n) is 13.2. The van der Waals surface area contributed by atoms with Crippen LogP contribution >= 0.6 is 11.6 Å². The number of nitro groups is 1. The molecule has 2 aromatic rings. The van der Waals surface area contributed by atoms with Gasteiger partial charge in [-0.2, -0.15) is 5.10 Å². The molecular weight excluding hydrogens is 364 g/mol. The number of hydrogen-bond donors (Lipinski definition) is 3. The lowest BCUT2D eigenvalue weighted by Gasteiger charge is -2.05. The second-order valence-electron chi connectivity index (χ2n) is 4.96. The Morgan fingerprint density at radius 3 is 2.69 bits per heavy atom. The van der Waals surface area contributed by atoms with Crippen molar-refractivity contribution in [3.05, 3.63) is 68.7 Å². The Kier molecular flexibility index (Phi) is 6.23. The molecule has 0 aliphatic heterocycles. The van der Waals surface area contributed by atoms with E-state index in [1.54, 1.807) is 18.2 Å². The molecular formula is C16H13ClN4O5. The van der Waals surface area contributed by atoms with Gasteiger partial charge in [0.1, 0.15) is 0 Å². The van der Waals surface area contributed by atoms with Crippen molar-refractivity contribution >= 4 is 35.3 Å². The van der Waals surface area contributed by atoms with E-state index in [1.165, 1.54) is 18.3 Å². The summed E-state index contributed by atoms with van der Waals surface area (Å²) in [7, 11) is 0. The van der Waals surface area contributed by atoms with Gasteiger partial charge in [0.05, 0.1) is 28.3 Å². The van der Waals surface area contributed by atoms with Crippen molar-refractivity contribution in [1.82, 2.24) is 10.7 Å². The van der Waals surface area contributed by atoms with Crippen LogP contribution in [0.2, 0.25) is 5.02 Å². The Morgan fingerprint density at radius 1 is 1.27 bits per heavy atom. The maximum Gasteiger partial charge on any atom is 0.311 e. The van der Waals surface area contributed by atoms with Crippen molar-refractivity contribution in [3.63, 3.8) is 0 Å². The number of carbonyl (C=O) groups is 2. The first-order valence-electron chi connectivity index (χ1n) is 7.20. The third-order valence-corrected chi connectivity index (χ3v) is 3.46. The first-order chi connectivity index (χ1) is 12.4. The number of nitrogens with one attached hydrogen (secondary N) is 2. The second kappa shape index (κ2) is 8.58. The Labute approximate surface area is 152 Å². The van der Waals surface area contributed by atoms with Gasteiger partial charge in [-0.25, -0.2) is 5.43 Å². The number of aromatic hydroxyl groups is 1. The van der Waals surface area contributed by atoms with Crippen molar-refractivity contribution in [1.29, 1.82) is 0 Å². The first kappa shape index (κ1) is 18.9. The molecule has 9 nitrogen and oxygen atoms in total. The summed E-state index contributed by atoms with van der Waals surface area (Å²) in [6, 6.07) is 10.0. The molecule has 0 atom stereocenters. The number of benzene rings is 2. The molecule has 2 aromatic carbocycles. The lowest BCUT2D eigenvalue weighted by atomic mass is 10.2. The molecule has 26 heavy (non-hydrogen) atoms. The van der Waals surface area contributed by atoms with Crippen LogP contribution in [0.1, 0.15) is 15.9 Å². The predicted octanol–water partition coefficient (Wildman–Crippen LogP) is 1.83. The zero-order chi connectivity index (χ0) is 19.1. The van der Waals surface area contributed by atoms with Gasteiger partial charge < -0.3 is 10.4 Å². The molecule has 0 heterocycles. The van der Waals surface area contributed by atoms with Gasteiger partial charge in [-0.1, -0.05) is 23.7 Å². The fourth-order valence-electron chi connectivity index (χ4n) is 1.89. The van der Waals surface area contributed by atoms with Crippen LogP contribution in [0.15, 0.2) is 47.6 Å². The summed E-state index contributed by atoms with van der Waals surface area (Å²) >= 11 is 5.88. The van der Waals surface area contributed by atoms with Crippen molar-refractivity contribution in [3.8, 4) is 5.75 Å². The van der Waals surface area contributed by atoms with Gasteiger partial charge in [-0.3, -0.25) is 19.7 Å². The van der Waals surface area contributed by atoms with Crippen LogP contribution < -0.4 is 10.7 Å². The minimum atomic E-state index is -0.741.